The Kier molecular flexibility index (Phi) is 6.27. The minimum atomic E-state index is -4.51. The second-order valence-electron chi connectivity index (χ2n) is 4.72. The van der Waals surface area contributed by atoms with Crippen molar-refractivity contribution in [1.29, 1.82) is 0 Å². The molecule has 0 aliphatic rings. The van der Waals surface area contributed by atoms with E-state index in [1.165, 1.54) is 24.3 Å². The summed E-state index contributed by atoms with van der Waals surface area (Å²) in [6.45, 7) is -0.432. The van der Waals surface area contributed by atoms with E-state index in [4.69, 9.17) is 27.9 Å². The van der Waals surface area contributed by atoms with Crippen molar-refractivity contribution in [3.05, 3.63) is 63.6 Å². The van der Waals surface area contributed by atoms with Crippen LogP contribution < -0.4 is 10.2 Å². The maximum absolute atomic E-state index is 12.8. The van der Waals surface area contributed by atoms with Gasteiger partial charge in [0.05, 0.1) is 16.8 Å². The zero-order valence-electron chi connectivity index (χ0n) is 12.5. The molecule has 2 rings (SSSR count). The van der Waals surface area contributed by atoms with Crippen molar-refractivity contribution in [2.75, 3.05) is 6.61 Å². The van der Waals surface area contributed by atoms with E-state index in [0.717, 1.165) is 12.3 Å². The van der Waals surface area contributed by atoms with Gasteiger partial charge in [-0.05, 0) is 18.2 Å². The molecule has 2 aromatic carbocycles. The molecule has 0 heterocycles. The maximum atomic E-state index is 12.8. The van der Waals surface area contributed by atoms with E-state index in [0.29, 0.717) is 0 Å². The summed E-state index contributed by atoms with van der Waals surface area (Å²) in [7, 11) is 0. The fraction of sp³-hybridized carbons (Fsp3) is 0.125. The van der Waals surface area contributed by atoms with Crippen LogP contribution in [0.2, 0.25) is 10.0 Å². The van der Waals surface area contributed by atoms with Crippen LogP contribution in [0.5, 0.6) is 5.75 Å². The summed E-state index contributed by atoms with van der Waals surface area (Å²) in [5.74, 6) is -0.465. The Morgan fingerprint density at radius 1 is 1.16 bits per heavy atom. The van der Waals surface area contributed by atoms with E-state index in [1.807, 2.05) is 0 Å². The summed E-state index contributed by atoms with van der Waals surface area (Å²) in [5.41, 5.74) is 1.05. The van der Waals surface area contributed by atoms with Crippen molar-refractivity contribution in [3.63, 3.8) is 0 Å². The van der Waals surface area contributed by atoms with Crippen LogP contribution in [0.4, 0.5) is 13.2 Å². The molecule has 0 fully saturated rings. The van der Waals surface area contributed by atoms with E-state index in [9.17, 15) is 18.0 Å². The van der Waals surface area contributed by atoms with Gasteiger partial charge >= 0.3 is 6.18 Å². The lowest BCUT2D eigenvalue weighted by molar-refractivity contribution is -0.137. The molecule has 0 atom stereocenters. The van der Waals surface area contributed by atoms with Crippen molar-refractivity contribution in [2.24, 2.45) is 5.10 Å². The number of benzene rings is 2. The summed E-state index contributed by atoms with van der Waals surface area (Å²) in [4.78, 5) is 11.6. The van der Waals surface area contributed by atoms with E-state index in [1.54, 1.807) is 12.1 Å². The average Bonchev–Trinajstić information content (AvgIpc) is 2.56. The summed E-state index contributed by atoms with van der Waals surface area (Å²) in [6.07, 6.45) is -3.61. The van der Waals surface area contributed by atoms with Gasteiger partial charge in [-0.2, -0.15) is 18.3 Å². The molecule has 0 radical (unpaired) electrons. The maximum Gasteiger partial charge on any atom is 0.417 e. The van der Waals surface area contributed by atoms with Crippen LogP contribution in [0.1, 0.15) is 11.1 Å². The highest BCUT2D eigenvalue weighted by atomic mass is 35.5. The normalized spacial score (nSPS) is 11.6. The third kappa shape index (κ3) is 5.37. The van der Waals surface area contributed by atoms with E-state index in [-0.39, 0.29) is 21.4 Å². The van der Waals surface area contributed by atoms with Crippen LogP contribution in [0.3, 0.4) is 0 Å². The monoisotopic (exact) mass is 390 g/mol. The first-order valence-corrected chi connectivity index (χ1v) is 7.59. The van der Waals surface area contributed by atoms with E-state index < -0.39 is 24.3 Å². The number of rotatable bonds is 5. The van der Waals surface area contributed by atoms with E-state index in [2.05, 4.69) is 10.5 Å². The van der Waals surface area contributed by atoms with Gasteiger partial charge < -0.3 is 4.74 Å². The van der Waals surface area contributed by atoms with Gasteiger partial charge in [-0.1, -0.05) is 47.5 Å². The Hall–Kier alpha value is -2.25. The molecule has 0 saturated carbocycles. The van der Waals surface area contributed by atoms with Crippen molar-refractivity contribution in [2.45, 2.75) is 6.18 Å². The van der Waals surface area contributed by atoms with Crippen LogP contribution in [0.15, 0.2) is 47.6 Å². The number of ether oxygens (including phenoxy) is 1. The molecule has 0 bridgehead atoms. The number of nitrogens with zero attached hydrogens (tertiary/aromatic N) is 1. The lowest BCUT2D eigenvalue weighted by atomic mass is 10.1. The van der Waals surface area contributed by atoms with Gasteiger partial charge in [-0.15, -0.1) is 0 Å². The molecule has 4 nitrogen and oxygen atoms in total. The molecule has 132 valence electrons. The topological polar surface area (TPSA) is 50.7 Å². The zero-order chi connectivity index (χ0) is 18.4. The van der Waals surface area contributed by atoms with Gasteiger partial charge in [0.15, 0.2) is 6.61 Å². The predicted molar refractivity (Wildman–Crippen MR) is 89.1 cm³/mol. The Balaban J connectivity index is 1.94. The van der Waals surface area contributed by atoms with E-state index >= 15 is 0 Å². The number of alkyl halides is 3. The smallest absolute Gasteiger partial charge is 0.417 e. The molecule has 0 aliphatic heterocycles. The Bertz CT molecular complexity index is 795. The number of hydrogen-bond donors (Lipinski definition) is 1. The number of nitrogens with one attached hydrogen (secondary N) is 1. The molecule has 2 aromatic rings. The second-order valence-corrected chi connectivity index (χ2v) is 5.50. The summed E-state index contributed by atoms with van der Waals surface area (Å²) >= 11 is 11.7. The highest BCUT2D eigenvalue weighted by Crippen LogP contribution is 2.32. The van der Waals surface area contributed by atoms with Gasteiger partial charge in [0.1, 0.15) is 10.8 Å². The van der Waals surface area contributed by atoms with Crippen LogP contribution in [0.25, 0.3) is 0 Å². The van der Waals surface area contributed by atoms with Crippen LogP contribution in [-0.4, -0.2) is 18.7 Å². The highest BCUT2D eigenvalue weighted by molar-refractivity contribution is 6.42. The van der Waals surface area contributed by atoms with Gasteiger partial charge in [-0.25, -0.2) is 5.43 Å². The first-order valence-electron chi connectivity index (χ1n) is 6.84. The molecular weight excluding hydrogens is 380 g/mol. The minimum absolute atomic E-state index is 0.152. The molecule has 1 amide bonds. The fourth-order valence-electron chi connectivity index (χ4n) is 1.81. The number of carbonyl (C=O) groups is 1. The van der Waals surface area contributed by atoms with Gasteiger partial charge in [-0.3, -0.25) is 4.79 Å². The standard InChI is InChI=1S/C16H11Cl2F3N2O2/c17-12-6-3-7-13(15(12)18)25-9-14(24)23-22-8-10-4-1-2-5-11(10)16(19,20)21/h1-8H,9H2,(H,23,24). The molecule has 0 saturated heterocycles. The van der Waals surface area contributed by atoms with Crippen molar-refractivity contribution < 1.29 is 22.7 Å². The number of hydrazone groups is 1. The number of halogens is 5. The van der Waals surface area contributed by atoms with Crippen molar-refractivity contribution in [1.82, 2.24) is 5.43 Å². The number of hydrogen-bond acceptors (Lipinski definition) is 3. The third-order valence-electron chi connectivity index (χ3n) is 2.93. The summed E-state index contributed by atoms with van der Waals surface area (Å²) in [6, 6.07) is 9.52. The van der Waals surface area contributed by atoms with Crippen molar-refractivity contribution >= 4 is 35.3 Å². The lowest BCUT2D eigenvalue weighted by Gasteiger charge is -2.09. The molecule has 1 N–H and O–H groups in total. The molecular formula is C16H11Cl2F3N2O2. The molecule has 9 heteroatoms. The zero-order valence-corrected chi connectivity index (χ0v) is 14.0. The predicted octanol–water partition coefficient (Wildman–Crippen LogP) is 4.54. The van der Waals surface area contributed by atoms with Gasteiger partial charge in [0.2, 0.25) is 0 Å². The van der Waals surface area contributed by atoms with Gasteiger partial charge in [0.25, 0.3) is 5.91 Å². The molecule has 0 aromatic heterocycles. The number of carbonyl (C=O) groups excluding carboxylic acids is 1. The quantitative estimate of drug-likeness (QED) is 0.601. The Labute approximate surface area is 151 Å². The first kappa shape index (κ1) is 19.1. The van der Waals surface area contributed by atoms with Crippen LogP contribution >= 0.6 is 23.2 Å². The van der Waals surface area contributed by atoms with Crippen LogP contribution in [0, 0.1) is 0 Å². The summed E-state index contributed by atoms with van der Waals surface area (Å²) in [5, 5.41) is 3.92. The number of amides is 1. The lowest BCUT2D eigenvalue weighted by Crippen LogP contribution is -2.24. The van der Waals surface area contributed by atoms with Crippen molar-refractivity contribution in [3.8, 4) is 5.75 Å². The minimum Gasteiger partial charge on any atom is -0.482 e. The molecule has 0 aliphatic carbocycles. The summed E-state index contributed by atoms with van der Waals surface area (Å²) < 4.78 is 43.6. The Morgan fingerprint density at radius 3 is 2.60 bits per heavy atom. The fourth-order valence-corrected chi connectivity index (χ4v) is 2.16. The first-order chi connectivity index (χ1) is 11.8. The largest absolute Gasteiger partial charge is 0.482 e. The molecule has 0 unspecified atom stereocenters. The third-order valence-corrected chi connectivity index (χ3v) is 3.74. The van der Waals surface area contributed by atoms with Gasteiger partial charge in [0, 0.05) is 5.56 Å². The SMILES string of the molecule is O=C(COc1cccc(Cl)c1Cl)NN=Cc1ccccc1C(F)(F)F. The Morgan fingerprint density at radius 2 is 1.88 bits per heavy atom. The average molecular weight is 391 g/mol. The highest BCUT2D eigenvalue weighted by Gasteiger charge is 2.32. The molecule has 0 spiro atoms. The van der Waals surface area contributed by atoms with Crippen LogP contribution in [-0.2, 0) is 11.0 Å². The molecule has 25 heavy (non-hydrogen) atoms. The second kappa shape index (κ2) is 8.22.